The maximum Gasteiger partial charge on any atom is 0.130 e. The van der Waals surface area contributed by atoms with Crippen LogP contribution < -0.4 is 28.4 Å². The molecule has 6 nitrogen and oxygen atoms in total. The zero-order valence-corrected chi connectivity index (χ0v) is 25.0. The van der Waals surface area contributed by atoms with Crippen molar-refractivity contribution in [3.8, 4) is 34.5 Å². The second kappa shape index (κ2) is 12.5. The number of thioether (sulfide) groups is 1. The molecule has 7 heteroatoms. The SMILES string of the molecule is COc1ccc(CSC2c3cc(OC)cc(OC)c3C(c3ccc(OC)cc3)=Cc3cc(OC)cc(OC)c32)cc1. The van der Waals surface area contributed by atoms with Crippen molar-refractivity contribution in [2.24, 2.45) is 0 Å². The number of rotatable bonds is 10. The van der Waals surface area contributed by atoms with Gasteiger partial charge in [-0.05, 0) is 70.3 Å². The van der Waals surface area contributed by atoms with Crippen molar-refractivity contribution in [1.29, 1.82) is 0 Å². The van der Waals surface area contributed by atoms with Crippen molar-refractivity contribution >= 4 is 23.4 Å². The zero-order chi connectivity index (χ0) is 28.9. The van der Waals surface area contributed by atoms with E-state index in [4.69, 9.17) is 28.4 Å². The molecule has 4 aromatic carbocycles. The Morgan fingerprint density at radius 3 is 1.73 bits per heavy atom. The van der Waals surface area contributed by atoms with Gasteiger partial charge in [-0.15, -0.1) is 11.8 Å². The highest BCUT2D eigenvalue weighted by atomic mass is 32.2. The summed E-state index contributed by atoms with van der Waals surface area (Å²) in [7, 11) is 10.1. The number of benzene rings is 4. The fourth-order valence-electron chi connectivity index (χ4n) is 5.15. The fraction of sp³-hybridized carbons (Fsp3) is 0.235. The first-order chi connectivity index (χ1) is 20.0. The molecule has 0 radical (unpaired) electrons. The maximum atomic E-state index is 6.02. The van der Waals surface area contributed by atoms with Crippen LogP contribution in [0.5, 0.6) is 34.5 Å². The van der Waals surface area contributed by atoms with Gasteiger partial charge in [0.15, 0.2) is 0 Å². The molecule has 1 aliphatic rings. The normalized spacial score (nSPS) is 13.7. The van der Waals surface area contributed by atoms with Gasteiger partial charge in [0.2, 0.25) is 0 Å². The van der Waals surface area contributed by atoms with Gasteiger partial charge in [0.1, 0.15) is 34.5 Å². The van der Waals surface area contributed by atoms with Gasteiger partial charge in [0.05, 0.1) is 47.9 Å². The van der Waals surface area contributed by atoms with Gasteiger partial charge in [-0.3, -0.25) is 0 Å². The number of hydrogen-bond donors (Lipinski definition) is 0. The minimum Gasteiger partial charge on any atom is -0.497 e. The lowest BCUT2D eigenvalue weighted by atomic mass is 9.91. The molecule has 1 aliphatic carbocycles. The topological polar surface area (TPSA) is 55.4 Å². The lowest BCUT2D eigenvalue weighted by molar-refractivity contribution is 0.390. The molecule has 0 N–H and O–H groups in total. The predicted octanol–water partition coefficient (Wildman–Crippen LogP) is 7.66. The predicted molar refractivity (Wildman–Crippen MR) is 165 cm³/mol. The number of methoxy groups -OCH3 is 6. The molecule has 0 amide bonds. The Hall–Kier alpha value is -4.23. The molecule has 41 heavy (non-hydrogen) atoms. The van der Waals surface area contributed by atoms with E-state index in [9.17, 15) is 0 Å². The molecular weight excluding hydrogens is 536 g/mol. The summed E-state index contributed by atoms with van der Waals surface area (Å²) in [4.78, 5) is 0. The van der Waals surface area contributed by atoms with Gasteiger partial charge in [-0.2, -0.15) is 0 Å². The average Bonchev–Trinajstić information content (AvgIpc) is 3.17. The first-order valence-corrected chi connectivity index (χ1v) is 14.2. The minimum absolute atomic E-state index is 0.112. The molecule has 0 aromatic heterocycles. The third kappa shape index (κ3) is 5.68. The van der Waals surface area contributed by atoms with E-state index in [2.05, 4.69) is 42.5 Å². The van der Waals surface area contributed by atoms with Gasteiger partial charge in [0, 0.05) is 29.0 Å². The van der Waals surface area contributed by atoms with Crippen LogP contribution in [0.15, 0.2) is 72.8 Å². The highest BCUT2D eigenvalue weighted by Crippen LogP contribution is 2.53. The molecule has 0 spiro atoms. The van der Waals surface area contributed by atoms with E-state index >= 15 is 0 Å². The van der Waals surface area contributed by atoms with Crippen LogP contribution in [0.2, 0.25) is 0 Å². The molecule has 1 unspecified atom stereocenters. The standard InChI is InChI=1S/C34H34O6S/c1-35-24-11-7-21(8-12-24)20-41-34-29-17-27(38-4)19-31(40-6)33(29)28(22-9-13-25(36-2)14-10-22)16-23-15-26(37-3)18-30(39-5)32(23)34/h7-19,34H,20H2,1-6H3. The Kier molecular flexibility index (Phi) is 8.64. The van der Waals surface area contributed by atoms with Crippen molar-refractivity contribution in [2.75, 3.05) is 42.7 Å². The molecular formula is C34H34O6S. The second-order valence-corrected chi connectivity index (χ2v) is 10.5. The van der Waals surface area contributed by atoms with E-state index < -0.39 is 0 Å². The number of ether oxygens (including phenoxy) is 6. The maximum absolute atomic E-state index is 6.02. The van der Waals surface area contributed by atoms with Crippen molar-refractivity contribution < 1.29 is 28.4 Å². The van der Waals surface area contributed by atoms with Crippen LogP contribution in [0.25, 0.3) is 11.6 Å². The van der Waals surface area contributed by atoms with Crippen LogP contribution in [0.4, 0.5) is 0 Å². The zero-order valence-electron chi connectivity index (χ0n) is 24.1. The Morgan fingerprint density at radius 2 is 1.15 bits per heavy atom. The van der Waals surface area contributed by atoms with E-state index in [0.717, 1.165) is 73.6 Å². The quantitative estimate of drug-likeness (QED) is 0.194. The summed E-state index contributed by atoms with van der Waals surface area (Å²) < 4.78 is 34.3. The third-order valence-electron chi connectivity index (χ3n) is 7.26. The van der Waals surface area contributed by atoms with Crippen LogP contribution in [0.3, 0.4) is 0 Å². The summed E-state index contributed by atoms with van der Waals surface area (Å²) in [6, 6.07) is 24.3. The van der Waals surface area contributed by atoms with Crippen molar-refractivity contribution in [3.63, 3.8) is 0 Å². The molecule has 212 valence electrons. The van der Waals surface area contributed by atoms with E-state index in [0.29, 0.717) is 0 Å². The van der Waals surface area contributed by atoms with E-state index in [1.807, 2.05) is 48.2 Å². The first-order valence-electron chi connectivity index (χ1n) is 13.2. The molecule has 0 bridgehead atoms. The van der Waals surface area contributed by atoms with E-state index in [-0.39, 0.29) is 5.25 Å². The highest BCUT2D eigenvalue weighted by molar-refractivity contribution is 7.99. The molecule has 5 rings (SSSR count). The minimum atomic E-state index is -0.112. The Balaban J connectivity index is 1.77. The summed E-state index contributed by atoms with van der Waals surface area (Å²) in [5.41, 5.74) is 7.39. The van der Waals surface area contributed by atoms with Crippen LogP contribution in [0, 0.1) is 0 Å². The lowest BCUT2D eigenvalue weighted by Crippen LogP contribution is -2.06. The molecule has 0 saturated carbocycles. The molecule has 0 aliphatic heterocycles. The van der Waals surface area contributed by atoms with Crippen LogP contribution in [-0.4, -0.2) is 42.7 Å². The van der Waals surface area contributed by atoms with Gasteiger partial charge < -0.3 is 28.4 Å². The Labute approximate surface area is 245 Å². The summed E-state index contributed by atoms with van der Waals surface area (Å²) in [6.07, 6.45) is 2.20. The van der Waals surface area contributed by atoms with Crippen LogP contribution >= 0.6 is 11.8 Å². The fourth-order valence-corrected chi connectivity index (χ4v) is 6.48. The molecule has 0 saturated heterocycles. The highest BCUT2D eigenvalue weighted by Gasteiger charge is 2.32. The summed E-state index contributed by atoms with van der Waals surface area (Å²) in [5.74, 6) is 5.32. The average molecular weight is 571 g/mol. The summed E-state index contributed by atoms with van der Waals surface area (Å²) in [5, 5.41) is -0.112. The number of fused-ring (bicyclic) bond motifs is 2. The molecule has 1 atom stereocenters. The van der Waals surface area contributed by atoms with Gasteiger partial charge in [-0.25, -0.2) is 0 Å². The Morgan fingerprint density at radius 1 is 0.585 bits per heavy atom. The molecule has 0 heterocycles. The van der Waals surface area contributed by atoms with E-state index in [1.165, 1.54) is 5.56 Å². The van der Waals surface area contributed by atoms with Crippen LogP contribution in [-0.2, 0) is 5.75 Å². The second-order valence-electron chi connectivity index (χ2n) is 9.45. The van der Waals surface area contributed by atoms with Gasteiger partial charge in [-0.1, -0.05) is 24.3 Å². The summed E-state index contributed by atoms with van der Waals surface area (Å²) in [6.45, 7) is 0. The smallest absolute Gasteiger partial charge is 0.130 e. The van der Waals surface area contributed by atoms with Gasteiger partial charge in [0.25, 0.3) is 0 Å². The summed E-state index contributed by atoms with van der Waals surface area (Å²) >= 11 is 1.82. The third-order valence-corrected chi connectivity index (χ3v) is 8.58. The Bertz CT molecular complexity index is 1540. The monoisotopic (exact) mass is 570 g/mol. The van der Waals surface area contributed by atoms with Gasteiger partial charge >= 0.3 is 0 Å². The van der Waals surface area contributed by atoms with Crippen molar-refractivity contribution in [2.45, 2.75) is 11.0 Å². The van der Waals surface area contributed by atoms with E-state index in [1.54, 1.807) is 42.7 Å². The largest absolute Gasteiger partial charge is 0.497 e. The van der Waals surface area contributed by atoms with Crippen molar-refractivity contribution in [3.05, 3.63) is 106 Å². The van der Waals surface area contributed by atoms with Crippen LogP contribution in [0.1, 0.15) is 38.6 Å². The lowest BCUT2D eigenvalue weighted by Gasteiger charge is -2.25. The van der Waals surface area contributed by atoms with Crippen molar-refractivity contribution in [1.82, 2.24) is 0 Å². The first kappa shape index (κ1) is 28.3. The molecule has 4 aromatic rings. The molecule has 0 fully saturated rings. The number of hydrogen-bond acceptors (Lipinski definition) is 7.